The summed E-state index contributed by atoms with van der Waals surface area (Å²) in [4.78, 5) is 12.5. The zero-order valence-corrected chi connectivity index (χ0v) is 16.3. The first-order chi connectivity index (χ1) is 14.0. The highest BCUT2D eigenvalue weighted by atomic mass is 32.2. The van der Waals surface area contributed by atoms with E-state index in [1.54, 1.807) is 30.3 Å². The molecule has 1 heterocycles. The van der Waals surface area contributed by atoms with E-state index in [1.165, 1.54) is 36.6 Å². The average Bonchev–Trinajstić information content (AvgIpc) is 3.17. The van der Waals surface area contributed by atoms with Gasteiger partial charge in [0.2, 0.25) is 0 Å². The molecule has 6 nitrogen and oxygen atoms in total. The van der Waals surface area contributed by atoms with E-state index < -0.39 is 21.6 Å². The first-order valence-corrected chi connectivity index (χ1v) is 10.6. The Bertz CT molecular complexity index is 1060. The second kappa shape index (κ2) is 9.38. The number of sulfone groups is 1. The highest BCUT2D eigenvalue weighted by molar-refractivity contribution is 7.90. The van der Waals surface area contributed by atoms with E-state index in [2.05, 4.69) is 5.32 Å². The van der Waals surface area contributed by atoms with Crippen molar-refractivity contribution in [1.82, 2.24) is 5.32 Å². The summed E-state index contributed by atoms with van der Waals surface area (Å²) < 4.78 is 49.0. The molecule has 0 spiro atoms. The Morgan fingerprint density at radius 2 is 1.76 bits per heavy atom. The zero-order valence-electron chi connectivity index (χ0n) is 15.5. The summed E-state index contributed by atoms with van der Waals surface area (Å²) in [6.45, 7) is 0.480. The van der Waals surface area contributed by atoms with Crippen LogP contribution in [0.4, 0.5) is 4.39 Å². The van der Waals surface area contributed by atoms with Gasteiger partial charge in [0.25, 0.3) is 5.91 Å². The zero-order chi connectivity index (χ0) is 20.7. The third kappa shape index (κ3) is 5.45. The number of hydrogen-bond donors (Lipinski definition) is 1. The number of hydrogen-bond acceptors (Lipinski definition) is 5. The van der Waals surface area contributed by atoms with E-state index in [4.69, 9.17) is 9.15 Å². The molecule has 8 heteroatoms. The number of furan rings is 1. The molecule has 0 aliphatic heterocycles. The molecule has 0 aliphatic carbocycles. The molecule has 0 unspecified atom stereocenters. The van der Waals surface area contributed by atoms with Crippen LogP contribution in [-0.2, 0) is 15.6 Å². The van der Waals surface area contributed by atoms with Crippen LogP contribution in [0.15, 0.2) is 76.2 Å². The summed E-state index contributed by atoms with van der Waals surface area (Å²) in [7, 11) is -3.60. The van der Waals surface area contributed by atoms with Gasteiger partial charge in [0, 0.05) is 12.1 Å². The molecule has 0 fully saturated rings. The fourth-order valence-electron chi connectivity index (χ4n) is 2.66. The maximum absolute atomic E-state index is 13.5. The number of carbonyl (C=O) groups excluding carboxylic acids is 1. The molecule has 152 valence electrons. The fraction of sp³-hybridized carbons (Fsp3) is 0.190. The monoisotopic (exact) mass is 417 g/mol. The molecular formula is C21H20FNO5S. The van der Waals surface area contributed by atoms with Gasteiger partial charge >= 0.3 is 0 Å². The van der Waals surface area contributed by atoms with Crippen LogP contribution in [0.25, 0.3) is 0 Å². The fourth-order valence-corrected chi connectivity index (χ4v) is 4.04. The molecule has 3 rings (SSSR count). The third-order valence-electron chi connectivity index (χ3n) is 4.10. The van der Waals surface area contributed by atoms with Crippen LogP contribution in [-0.4, -0.2) is 27.5 Å². The molecule has 0 saturated carbocycles. The lowest BCUT2D eigenvalue weighted by molar-refractivity contribution is 0.0922. The van der Waals surface area contributed by atoms with Crippen molar-refractivity contribution >= 4 is 15.7 Å². The van der Waals surface area contributed by atoms with Crippen molar-refractivity contribution in [2.45, 2.75) is 17.1 Å². The van der Waals surface area contributed by atoms with Gasteiger partial charge in [-0.15, -0.1) is 0 Å². The largest absolute Gasteiger partial charge is 0.490 e. The van der Waals surface area contributed by atoms with Gasteiger partial charge in [-0.1, -0.05) is 30.3 Å². The minimum absolute atomic E-state index is 0.0421. The SMILES string of the molecule is O=C(NCCCOc1ccccc1F)c1occc1CS(=O)(=O)c1ccccc1. The summed E-state index contributed by atoms with van der Waals surface area (Å²) in [6.07, 6.45) is 1.73. The third-order valence-corrected chi connectivity index (χ3v) is 5.78. The summed E-state index contributed by atoms with van der Waals surface area (Å²) >= 11 is 0. The number of rotatable bonds is 9. The van der Waals surface area contributed by atoms with Crippen LogP contribution in [0.1, 0.15) is 22.5 Å². The van der Waals surface area contributed by atoms with Crippen LogP contribution < -0.4 is 10.1 Å². The standard InChI is InChI=1S/C21H20FNO5S/c22-18-9-4-5-10-19(18)27-13-6-12-23-21(24)20-16(11-14-28-20)15-29(25,26)17-7-2-1-3-8-17/h1-5,7-11,14H,6,12-13,15H2,(H,23,24). The number of benzene rings is 2. The van der Waals surface area contributed by atoms with E-state index in [-0.39, 0.29) is 40.9 Å². The summed E-state index contributed by atoms with van der Waals surface area (Å²) in [5, 5.41) is 2.65. The minimum Gasteiger partial charge on any atom is -0.490 e. The number of amides is 1. The second-order valence-electron chi connectivity index (χ2n) is 6.24. The first-order valence-electron chi connectivity index (χ1n) is 8.97. The molecule has 2 aromatic carbocycles. The highest BCUT2D eigenvalue weighted by Gasteiger charge is 2.22. The smallest absolute Gasteiger partial charge is 0.287 e. The van der Waals surface area contributed by atoms with Crippen molar-refractivity contribution < 1.29 is 26.8 Å². The molecule has 0 bridgehead atoms. The highest BCUT2D eigenvalue weighted by Crippen LogP contribution is 2.20. The van der Waals surface area contributed by atoms with Gasteiger partial charge < -0.3 is 14.5 Å². The number of ether oxygens (including phenoxy) is 1. The van der Waals surface area contributed by atoms with Gasteiger partial charge in [-0.3, -0.25) is 4.79 Å². The predicted molar refractivity (Wildman–Crippen MR) is 105 cm³/mol. The summed E-state index contributed by atoms with van der Waals surface area (Å²) in [6, 6.07) is 15.6. The van der Waals surface area contributed by atoms with Gasteiger partial charge in [0.15, 0.2) is 27.2 Å². The molecule has 0 radical (unpaired) electrons. The Morgan fingerprint density at radius 3 is 2.52 bits per heavy atom. The first kappa shape index (κ1) is 20.6. The molecule has 3 aromatic rings. The van der Waals surface area contributed by atoms with E-state index >= 15 is 0 Å². The predicted octanol–water partition coefficient (Wildman–Crippen LogP) is 3.59. The van der Waals surface area contributed by atoms with E-state index in [1.807, 2.05) is 0 Å². The van der Waals surface area contributed by atoms with Crippen molar-refractivity contribution in [2.75, 3.05) is 13.2 Å². The van der Waals surface area contributed by atoms with Gasteiger partial charge in [-0.2, -0.15) is 0 Å². The van der Waals surface area contributed by atoms with Gasteiger partial charge in [0.1, 0.15) is 0 Å². The molecule has 0 saturated heterocycles. The molecule has 1 aromatic heterocycles. The summed E-state index contributed by atoms with van der Waals surface area (Å²) in [5.41, 5.74) is 0.286. The normalized spacial score (nSPS) is 11.2. The van der Waals surface area contributed by atoms with Crippen LogP contribution >= 0.6 is 0 Å². The summed E-state index contributed by atoms with van der Waals surface area (Å²) in [5.74, 6) is -1.19. The molecule has 0 atom stereocenters. The molecule has 29 heavy (non-hydrogen) atoms. The van der Waals surface area contributed by atoms with Gasteiger partial charge in [-0.05, 0) is 36.8 Å². The van der Waals surface area contributed by atoms with Crippen LogP contribution in [0.2, 0.25) is 0 Å². The lowest BCUT2D eigenvalue weighted by atomic mass is 10.2. The lowest BCUT2D eigenvalue weighted by Crippen LogP contribution is -2.26. The van der Waals surface area contributed by atoms with Crippen molar-refractivity contribution in [1.29, 1.82) is 0 Å². The average molecular weight is 417 g/mol. The van der Waals surface area contributed by atoms with Crippen molar-refractivity contribution in [2.24, 2.45) is 0 Å². The van der Waals surface area contributed by atoms with E-state index in [0.717, 1.165) is 0 Å². The van der Waals surface area contributed by atoms with Crippen LogP contribution in [0.3, 0.4) is 0 Å². The maximum atomic E-state index is 13.5. The van der Waals surface area contributed by atoms with Gasteiger partial charge in [-0.25, -0.2) is 12.8 Å². The lowest BCUT2D eigenvalue weighted by Gasteiger charge is -2.08. The molecule has 1 N–H and O–H groups in total. The quantitative estimate of drug-likeness (QED) is 0.538. The van der Waals surface area contributed by atoms with Crippen molar-refractivity contribution in [3.05, 3.63) is 84.1 Å². The van der Waals surface area contributed by atoms with Crippen LogP contribution in [0, 0.1) is 5.82 Å². The number of carbonyl (C=O) groups is 1. The van der Waals surface area contributed by atoms with Crippen molar-refractivity contribution in [3.63, 3.8) is 0 Å². The Balaban J connectivity index is 1.52. The van der Waals surface area contributed by atoms with Crippen molar-refractivity contribution in [3.8, 4) is 5.75 Å². The molecular weight excluding hydrogens is 397 g/mol. The maximum Gasteiger partial charge on any atom is 0.287 e. The van der Waals surface area contributed by atoms with Gasteiger partial charge in [0.05, 0.1) is 23.5 Å². The van der Waals surface area contributed by atoms with E-state index in [9.17, 15) is 17.6 Å². The number of nitrogens with one attached hydrogen (secondary N) is 1. The second-order valence-corrected chi connectivity index (χ2v) is 8.23. The Hall–Kier alpha value is -3.13. The topological polar surface area (TPSA) is 85.6 Å². The molecule has 0 aliphatic rings. The number of para-hydroxylation sites is 1. The molecule has 1 amide bonds. The number of halogens is 1. The Kier molecular flexibility index (Phi) is 6.66. The Morgan fingerprint density at radius 1 is 1.03 bits per heavy atom. The Labute approximate surface area is 168 Å². The van der Waals surface area contributed by atoms with E-state index in [0.29, 0.717) is 6.42 Å². The van der Waals surface area contributed by atoms with Crippen LogP contribution in [0.5, 0.6) is 5.75 Å². The minimum atomic E-state index is -3.60.